The fourth-order valence-corrected chi connectivity index (χ4v) is 3.87. The molecule has 21 heavy (non-hydrogen) atoms. The van der Waals surface area contributed by atoms with Gasteiger partial charge in [0.1, 0.15) is 0 Å². The Hall–Kier alpha value is -1.06. The van der Waals surface area contributed by atoms with E-state index >= 15 is 0 Å². The Morgan fingerprint density at radius 3 is 2.62 bits per heavy atom. The molecule has 3 N–H and O–H groups in total. The average molecular weight is 307 g/mol. The predicted octanol–water partition coefficient (Wildman–Crippen LogP) is 4.15. The van der Waals surface area contributed by atoms with E-state index in [1.165, 1.54) is 32.1 Å². The molecular formula is C17H23ClN2O. The second-order valence-corrected chi connectivity index (χ2v) is 7.34. The highest BCUT2D eigenvalue weighted by Gasteiger charge is 2.40. The molecule has 0 saturated heterocycles. The highest BCUT2D eigenvalue weighted by molar-refractivity contribution is 6.35. The monoisotopic (exact) mass is 306 g/mol. The van der Waals surface area contributed by atoms with Gasteiger partial charge in [-0.3, -0.25) is 4.79 Å². The van der Waals surface area contributed by atoms with Gasteiger partial charge >= 0.3 is 0 Å². The molecule has 0 spiro atoms. The summed E-state index contributed by atoms with van der Waals surface area (Å²) in [5.41, 5.74) is 8.75. The molecule has 1 unspecified atom stereocenters. The van der Waals surface area contributed by atoms with Crippen LogP contribution in [-0.4, -0.2) is 5.91 Å². The fraction of sp³-hybridized carbons (Fsp3) is 0.588. The predicted molar refractivity (Wildman–Crippen MR) is 86.6 cm³/mol. The SMILES string of the molecule is CC1(C)C(=O)Nc2c(Cl)cc(C(N)C3CCCCC3)cc21. The second-order valence-electron chi connectivity index (χ2n) is 6.93. The van der Waals surface area contributed by atoms with Gasteiger partial charge in [-0.15, -0.1) is 0 Å². The van der Waals surface area contributed by atoms with Crippen molar-refractivity contribution in [2.75, 3.05) is 5.32 Å². The molecule has 1 aromatic carbocycles. The summed E-state index contributed by atoms with van der Waals surface area (Å²) in [6, 6.07) is 4.03. The largest absolute Gasteiger partial charge is 0.324 e. The zero-order valence-corrected chi connectivity index (χ0v) is 13.5. The molecule has 1 aliphatic carbocycles. The topological polar surface area (TPSA) is 55.1 Å². The lowest BCUT2D eigenvalue weighted by Gasteiger charge is -2.28. The summed E-state index contributed by atoms with van der Waals surface area (Å²) >= 11 is 6.38. The van der Waals surface area contributed by atoms with Crippen LogP contribution in [0.15, 0.2) is 12.1 Å². The van der Waals surface area contributed by atoms with Crippen LogP contribution in [-0.2, 0) is 10.2 Å². The van der Waals surface area contributed by atoms with Crippen molar-refractivity contribution in [2.24, 2.45) is 11.7 Å². The van der Waals surface area contributed by atoms with Crippen LogP contribution >= 0.6 is 11.6 Å². The number of halogens is 1. The Morgan fingerprint density at radius 2 is 1.95 bits per heavy atom. The van der Waals surface area contributed by atoms with Crippen molar-refractivity contribution in [3.8, 4) is 0 Å². The first-order valence-corrected chi connectivity index (χ1v) is 8.20. The van der Waals surface area contributed by atoms with E-state index < -0.39 is 5.41 Å². The smallest absolute Gasteiger partial charge is 0.234 e. The molecule has 0 radical (unpaired) electrons. The van der Waals surface area contributed by atoms with Gasteiger partial charge in [0.15, 0.2) is 0 Å². The van der Waals surface area contributed by atoms with Gasteiger partial charge in [0, 0.05) is 6.04 Å². The van der Waals surface area contributed by atoms with Crippen molar-refractivity contribution in [1.82, 2.24) is 0 Å². The third-order valence-electron chi connectivity index (χ3n) is 5.13. The quantitative estimate of drug-likeness (QED) is 0.862. The Bertz CT molecular complexity index is 576. The van der Waals surface area contributed by atoms with Crippen molar-refractivity contribution < 1.29 is 4.79 Å². The molecule has 1 amide bonds. The zero-order chi connectivity index (χ0) is 15.2. The van der Waals surface area contributed by atoms with E-state index in [9.17, 15) is 4.79 Å². The Labute approximate surface area is 131 Å². The van der Waals surface area contributed by atoms with Crippen molar-refractivity contribution in [1.29, 1.82) is 0 Å². The van der Waals surface area contributed by atoms with E-state index in [0.717, 1.165) is 16.8 Å². The maximum atomic E-state index is 12.1. The minimum atomic E-state index is -0.540. The Kier molecular flexibility index (Phi) is 3.74. The Balaban J connectivity index is 1.97. The van der Waals surface area contributed by atoms with Gasteiger partial charge in [-0.25, -0.2) is 0 Å². The van der Waals surface area contributed by atoms with Crippen molar-refractivity contribution in [3.63, 3.8) is 0 Å². The van der Waals surface area contributed by atoms with Crippen LogP contribution in [0.1, 0.15) is 63.1 Å². The number of nitrogens with one attached hydrogen (secondary N) is 1. The molecule has 3 rings (SSSR count). The first-order valence-electron chi connectivity index (χ1n) is 7.82. The zero-order valence-electron chi connectivity index (χ0n) is 12.7. The van der Waals surface area contributed by atoms with E-state index in [0.29, 0.717) is 10.9 Å². The van der Waals surface area contributed by atoms with Crippen LogP contribution in [0.5, 0.6) is 0 Å². The number of carbonyl (C=O) groups excluding carboxylic acids is 1. The minimum absolute atomic E-state index is 0.00258. The second kappa shape index (κ2) is 5.29. The molecule has 1 aromatic rings. The lowest BCUT2D eigenvalue weighted by Crippen LogP contribution is -2.27. The first kappa shape index (κ1) is 14.9. The van der Waals surface area contributed by atoms with Gasteiger partial charge in [-0.05, 0) is 49.8 Å². The standard InChI is InChI=1S/C17H23ClN2O/c1-17(2)12-8-11(9-13(18)15(12)20-16(17)21)14(19)10-6-4-3-5-7-10/h8-10,14H,3-7,19H2,1-2H3,(H,20,21). The van der Waals surface area contributed by atoms with Crippen LogP contribution in [0.2, 0.25) is 5.02 Å². The normalized spacial score (nSPS) is 22.8. The van der Waals surface area contributed by atoms with Crippen LogP contribution in [0.4, 0.5) is 5.69 Å². The summed E-state index contributed by atoms with van der Waals surface area (Å²) in [6.07, 6.45) is 6.23. The summed E-state index contributed by atoms with van der Waals surface area (Å²) in [7, 11) is 0. The molecule has 114 valence electrons. The molecule has 3 nitrogen and oxygen atoms in total. The summed E-state index contributed by atoms with van der Waals surface area (Å²) in [5.74, 6) is 0.531. The third-order valence-corrected chi connectivity index (χ3v) is 5.43. The van der Waals surface area contributed by atoms with E-state index in [1.807, 2.05) is 19.9 Å². The van der Waals surface area contributed by atoms with Gasteiger partial charge in [-0.1, -0.05) is 36.9 Å². The summed E-state index contributed by atoms with van der Waals surface area (Å²) < 4.78 is 0. The van der Waals surface area contributed by atoms with Crippen LogP contribution in [0.25, 0.3) is 0 Å². The number of fused-ring (bicyclic) bond motifs is 1. The molecule has 0 aromatic heterocycles. The van der Waals surface area contributed by atoms with E-state index in [2.05, 4.69) is 11.4 Å². The minimum Gasteiger partial charge on any atom is -0.324 e. The molecule has 2 aliphatic rings. The van der Waals surface area contributed by atoms with E-state index in [4.69, 9.17) is 17.3 Å². The highest BCUT2D eigenvalue weighted by Crippen LogP contribution is 2.44. The lowest BCUT2D eigenvalue weighted by atomic mass is 9.79. The van der Waals surface area contributed by atoms with E-state index in [-0.39, 0.29) is 11.9 Å². The third kappa shape index (κ3) is 2.47. The number of amides is 1. The number of anilines is 1. The first-order chi connectivity index (χ1) is 9.91. The molecule has 1 aliphatic heterocycles. The lowest BCUT2D eigenvalue weighted by molar-refractivity contribution is -0.119. The van der Waals surface area contributed by atoms with Crippen LogP contribution in [0.3, 0.4) is 0 Å². The fourth-order valence-electron chi connectivity index (χ4n) is 3.60. The van der Waals surface area contributed by atoms with Gasteiger partial charge < -0.3 is 11.1 Å². The summed E-state index contributed by atoms with van der Waals surface area (Å²) in [4.78, 5) is 12.1. The molecule has 1 atom stereocenters. The number of benzene rings is 1. The molecule has 0 bridgehead atoms. The highest BCUT2D eigenvalue weighted by atomic mass is 35.5. The number of hydrogen-bond donors (Lipinski definition) is 2. The maximum absolute atomic E-state index is 12.1. The van der Waals surface area contributed by atoms with E-state index in [1.54, 1.807) is 0 Å². The molecule has 1 heterocycles. The number of carbonyl (C=O) groups is 1. The van der Waals surface area contributed by atoms with Crippen molar-refractivity contribution in [2.45, 2.75) is 57.4 Å². The summed E-state index contributed by atoms with van der Waals surface area (Å²) in [5, 5.41) is 3.49. The van der Waals surface area contributed by atoms with Gasteiger partial charge in [0.05, 0.1) is 16.1 Å². The molecule has 1 fully saturated rings. The van der Waals surface area contributed by atoms with Crippen molar-refractivity contribution >= 4 is 23.2 Å². The van der Waals surface area contributed by atoms with Crippen molar-refractivity contribution in [3.05, 3.63) is 28.3 Å². The number of nitrogens with two attached hydrogens (primary N) is 1. The Morgan fingerprint density at radius 1 is 1.29 bits per heavy atom. The van der Waals surface area contributed by atoms with Gasteiger partial charge in [0.25, 0.3) is 0 Å². The molecule has 1 saturated carbocycles. The summed E-state index contributed by atoms with van der Waals surface area (Å²) in [6.45, 7) is 3.86. The maximum Gasteiger partial charge on any atom is 0.234 e. The number of rotatable bonds is 2. The molecular weight excluding hydrogens is 284 g/mol. The molecule has 4 heteroatoms. The van der Waals surface area contributed by atoms with Crippen LogP contribution in [0, 0.1) is 5.92 Å². The van der Waals surface area contributed by atoms with Gasteiger partial charge in [-0.2, -0.15) is 0 Å². The van der Waals surface area contributed by atoms with Crippen LogP contribution < -0.4 is 11.1 Å². The number of hydrogen-bond acceptors (Lipinski definition) is 2. The van der Waals surface area contributed by atoms with Gasteiger partial charge in [0.2, 0.25) is 5.91 Å². The average Bonchev–Trinajstić information content (AvgIpc) is 2.71.